The molecule has 3 saturated heterocycles. The highest BCUT2D eigenvalue weighted by Crippen LogP contribution is 2.69. The number of rotatable bonds is 1. The molecular weight excluding hydrogens is 332 g/mol. The summed E-state index contributed by atoms with van der Waals surface area (Å²) in [7, 11) is 1.45. The van der Waals surface area contributed by atoms with E-state index >= 15 is 0 Å². The lowest BCUT2D eigenvalue weighted by atomic mass is 9.43. The third kappa shape index (κ3) is 1.34. The molecule has 26 heavy (non-hydrogen) atoms. The van der Waals surface area contributed by atoms with Gasteiger partial charge in [-0.05, 0) is 30.9 Å². The van der Waals surface area contributed by atoms with Crippen molar-refractivity contribution in [1.82, 2.24) is 5.06 Å². The number of aliphatic imine (C=N–C) groups is 1. The summed E-state index contributed by atoms with van der Waals surface area (Å²) >= 11 is 0. The number of para-hydroxylation sites is 1. The molecule has 1 aromatic rings. The Balaban J connectivity index is 1.71. The van der Waals surface area contributed by atoms with E-state index in [1.54, 1.807) is 0 Å². The Morgan fingerprint density at radius 2 is 2.27 bits per heavy atom. The van der Waals surface area contributed by atoms with Gasteiger partial charge in [0.2, 0.25) is 0 Å². The molecule has 0 aromatic heterocycles. The second-order valence-electron chi connectivity index (χ2n) is 7.86. The molecular formula is C20H20N2O4. The maximum absolute atomic E-state index is 13.1. The summed E-state index contributed by atoms with van der Waals surface area (Å²) < 4.78 is 5.27. The minimum Gasteiger partial charge on any atom is -0.469 e. The lowest BCUT2D eigenvalue weighted by Crippen LogP contribution is -2.74. The molecule has 6 aliphatic rings. The van der Waals surface area contributed by atoms with Crippen molar-refractivity contribution in [2.45, 2.75) is 37.1 Å². The van der Waals surface area contributed by atoms with Crippen molar-refractivity contribution in [3.05, 3.63) is 41.5 Å². The number of ether oxygens (including phenoxy) is 1. The minimum atomic E-state index is -0.956. The third-order valence-corrected chi connectivity index (χ3v) is 7.24. The molecule has 1 spiro atoms. The molecule has 2 aliphatic carbocycles. The number of methoxy groups -OCH3 is 1. The fourth-order valence-electron chi connectivity index (χ4n) is 6.62. The molecule has 6 heteroatoms. The molecule has 0 radical (unpaired) electrons. The molecule has 1 N–H and O–H groups in total. The highest BCUT2D eigenvalue weighted by atomic mass is 16.8. The number of allylic oxidation sites excluding steroid dienone is 1. The predicted octanol–water partition coefficient (Wildman–Crippen LogP) is 1.71. The molecule has 7 rings (SSSR count). The van der Waals surface area contributed by atoms with Crippen LogP contribution in [-0.2, 0) is 19.8 Å². The number of carbonyl (C=O) groups is 1. The second kappa shape index (κ2) is 4.63. The number of aliphatic hydroxyl groups is 1. The number of hydroxylamine groups is 2. The van der Waals surface area contributed by atoms with E-state index in [4.69, 9.17) is 14.6 Å². The summed E-state index contributed by atoms with van der Waals surface area (Å²) in [5.74, 6) is -0.762. The van der Waals surface area contributed by atoms with Crippen molar-refractivity contribution in [3.8, 4) is 0 Å². The Labute approximate surface area is 151 Å². The van der Waals surface area contributed by atoms with Crippen LogP contribution in [0.4, 0.5) is 5.69 Å². The van der Waals surface area contributed by atoms with Crippen molar-refractivity contribution >= 4 is 17.4 Å². The molecule has 134 valence electrons. The molecule has 5 fully saturated rings. The summed E-state index contributed by atoms with van der Waals surface area (Å²) in [6.45, 7) is 2.01. The van der Waals surface area contributed by atoms with Crippen LogP contribution in [0.1, 0.15) is 18.9 Å². The number of carbonyl (C=O) groups excluding carboxylic acids is 1. The number of aliphatic hydroxyl groups excluding tert-OH is 1. The molecule has 6 bridgehead atoms. The summed E-state index contributed by atoms with van der Waals surface area (Å²) in [6, 6.07) is 8.00. The van der Waals surface area contributed by atoms with Gasteiger partial charge in [0.15, 0.2) is 6.29 Å². The van der Waals surface area contributed by atoms with Gasteiger partial charge in [-0.25, -0.2) is 0 Å². The standard InChI is InChI=1S/C20H20N2O4/c1-3-9-10-8-13-17-20(14(10)18(23)25-2,11-6-4-5-7-12(11)21-17)15-16(9)22(13)26-19(15)24/h3-7,10,13-16,19,24H,8H2,1-2H3/b9-3+/t10-,13-,14-,15?,16-,19?,20?/m0/s1. The summed E-state index contributed by atoms with van der Waals surface area (Å²) in [6.07, 6.45) is 1.91. The monoisotopic (exact) mass is 352 g/mol. The summed E-state index contributed by atoms with van der Waals surface area (Å²) in [5, 5.41) is 12.8. The van der Waals surface area contributed by atoms with E-state index in [2.05, 4.69) is 12.1 Å². The van der Waals surface area contributed by atoms with Gasteiger partial charge in [-0.1, -0.05) is 29.8 Å². The number of hydrogen-bond acceptors (Lipinski definition) is 6. The van der Waals surface area contributed by atoms with Crippen molar-refractivity contribution in [1.29, 1.82) is 0 Å². The van der Waals surface area contributed by atoms with Crippen LogP contribution in [0, 0.1) is 17.8 Å². The number of fused-ring (bicyclic) bond motifs is 1. The van der Waals surface area contributed by atoms with Crippen LogP contribution in [0.15, 0.2) is 40.9 Å². The first-order valence-electron chi connectivity index (χ1n) is 9.20. The molecule has 4 aliphatic heterocycles. The van der Waals surface area contributed by atoms with Gasteiger partial charge in [-0.2, -0.15) is 5.06 Å². The van der Waals surface area contributed by atoms with Crippen LogP contribution in [0.3, 0.4) is 0 Å². The van der Waals surface area contributed by atoms with E-state index in [9.17, 15) is 9.90 Å². The van der Waals surface area contributed by atoms with Gasteiger partial charge in [-0.3, -0.25) is 14.6 Å². The van der Waals surface area contributed by atoms with E-state index in [1.165, 1.54) is 12.7 Å². The largest absolute Gasteiger partial charge is 0.469 e. The third-order valence-electron chi connectivity index (χ3n) is 7.24. The van der Waals surface area contributed by atoms with Gasteiger partial charge in [-0.15, -0.1) is 0 Å². The first-order chi connectivity index (χ1) is 12.6. The molecule has 0 amide bonds. The highest BCUT2D eigenvalue weighted by molar-refractivity contribution is 6.10. The van der Waals surface area contributed by atoms with Gasteiger partial charge in [0.25, 0.3) is 0 Å². The van der Waals surface area contributed by atoms with Gasteiger partial charge in [0.1, 0.15) is 0 Å². The van der Waals surface area contributed by atoms with E-state index in [0.29, 0.717) is 0 Å². The first-order valence-corrected chi connectivity index (χ1v) is 9.20. The molecule has 8 atom stereocenters. The second-order valence-corrected chi connectivity index (χ2v) is 7.86. The van der Waals surface area contributed by atoms with Gasteiger partial charge in [0, 0.05) is 5.92 Å². The van der Waals surface area contributed by atoms with E-state index in [-0.39, 0.29) is 35.8 Å². The number of piperidine rings is 2. The fraction of sp³-hybridized carbons (Fsp3) is 0.500. The van der Waals surface area contributed by atoms with Crippen molar-refractivity contribution in [2.75, 3.05) is 7.11 Å². The van der Waals surface area contributed by atoms with Gasteiger partial charge >= 0.3 is 5.97 Å². The number of benzene rings is 1. The Morgan fingerprint density at radius 3 is 3.04 bits per heavy atom. The van der Waals surface area contributed by atoms with Crippen LogP contribution >= 0.6 is 0 Å². The number of nitrogens with zero attached hydrogens (tertiary/aromatic N) is 2. The van der Waals surface area contributed by atoms with Crippen LogP contribution in [0.5, 0.6) is 0 Å². The van der Waals surface area contributed by atoms with E-state index in [1.807, 2.05) is 30.2 Å². The quantitative estimate of drug-likeness (QED) is 0.615. The van der Waals surface area contributed by atoms with E-state index in [0.717, 1.165) is 23.4 Å². The Kier molecular flexibility index (Phi) is 2.68. The van der Waals surface area contributed by atoms with Gasteiger partial charge in [0.05, 0.1) is 41.9 Å². The predicted molar refractivity (Wildman–Crippen MR) is 92.6 cm³/mol. The van der Waals surface area contributed by atoms with Crippen LogP contribution in [-0.4, -0.2) is 47.3 Å². The van der Waals surface area contributed by atoms with Crippen LogP contribution in [0.25, 0.3) is 0 Å². The molecule has 2 saturated carbocycles. The van der Waals surface area contributed by atoms with Gasteiger partial charge < -0.3 is 9.84 Å². The van der Waals surface area contributed by atoms with Crippen LogP contribution in [0.2, 0.25) is 0 Å². The average molecular weight is 352 g/mol. The van der Waals surface area contributed by atoms with Crippen molar-refractivity contribution < 1.29 is 19.5 Å². The average Bonchev–Trinajstić information content (AvgIpc) is 3.16. The molecule has 4 unspecified atom stereocenters. The molecule has 6 nitrogen and oxygen atoms in total. The smallest absolute Gasteiger partial charge is 0.310 e. The van der Waals surface area contributed by atoms with E-state index < -0.39 is 11.7 Å². The lowest BCUT2D eigenvalue weighted by Gasteiger charge is -2.63. The lowest BCUT2D eigenvalue weighted by molar-refractivity contribution is -0.234. The SMILES string of the molecule is C/C=C1\[C@@H]2C[C@H]3C4=Nc5ccccc5C4(C4C(O)ON3[C@@H]14)[C@@H]2C(=O)OC. The zero-order chi connectivity index (χ0) is 17.8. The van der Waals surface area contributed by atoms with Crippen LogP contribution < -0.4 is 0 Å². The first kappa shape index (κ1) is 15.1. The fourth-order valence-corrected chi connectivity index (χ4v) is 6.62. The highest BCUT2D eigenvalue weighted by Gasteiger charge is 2.78. The summed E-state index contributed by atoms with van der Waals surface area (Å²) in [4.78, 5) is 23.9. The summed E-state index contributed by atoms with van der Waals surface area (Å²) in [5.41, 5.74) is 3.46. The maximum atomic E-state index is 13.1. The Morgan fingerprint density at radius 1 is 1.46 bits per heavy atom. The number of esters is 1. The topological polar surface area (TPSA) is 71.4 Å². The minimum absolute atomic E-state index is 0.00425. The van der Waals surface area contributed by atoms with Crippen molar-refractivity contribution in [3.63, 3.8) is 0 Å². The Bertz CT molecular complexity index is 909. The zero-order valence-electron chi connectivity index (χ0n) is 14.6. The number of hydrogen-bond donors (Lipinski definition) is 1. The molecule has 4 heterocycles. The molecule has 1 aromatic carbocycles. The van der Waals surface area contributed by atoms with Crippen molar-refractivity contribution in [2.24, 2.45) is 22.7 Å². The normalized spacial score (nSPS) is 47.7. The maximum Gasteiger partial charge on any atom is 0.310 e. The Hall–Kier alpha value is -2.02. The zero-order valence-corrected chi connectivity index (χ0v) is 14.6.